The van der Waals surface area contributed by atoms with Crippen LogP contribution in [0.2, 0.25) is 0 Å². The second-order valence-corrected chi connectivity index (χ2v) is 4.31. The Morgan fingerprint density at radius 2 is 1.88 bits per heavy atom. The van der Waals surface area contributed by atoms with E-state index in [0.717, 1.165) is 0 Å². The van der Waals surface area contributed by atoms with E-state index in [1.165, 1.54) is 0 Å². The molecule has 0 aromatic carbocycles. The van der Waals surface area contributed by atoms with Gasteiger partial charge in [-0.05, 0) is 27.2 Å². The molecule has 100 valence electrons. The van der Waals surface area contributed by atoms with Crippen molar-refractivity contribution in [1.29, 1.82) is 0 Å². The molecule has 0 rings (SSSR count). The summed E-state index contributed by atoms with van der Waals surface area (Å²) in [6.45, 7) is 5.88. The van der Waals surface area contributed by atoms with Crippen molar-refractivity contribution in [3.05, 3.63) is 0 Å². The lowest BCUT2D eigenvalue weighted by Crippen LogP contribution is -2.47. The molecule has 0 bridgehead atoms. The number of carboxylic acid groups (broad SMARTS) is 1. The van der Waals surface area contributed by atoms with E-state index in [0.29, 0.717) is 13.0 Å². The zero-order chi connectivity index (χ0) is 13.4. The Morgan fingerprint density at radius 1 is 1.29 bits per heavy atom. The maximum Gasteiger partial charge on any atom is 0.317 e. The molecule has 6 nitrogen and oxygen atoms in total. The Bertz CT molecular complexity index is 256. The summed E-state index contributed by atoms with van der Waals surface area (Å²) in [5, 5.41) is 20.0. The Kier molecular flexibility index (Phi) is 7.29. The van der Waals surface area contributed by atoms with E-state index in [9.17, 15) is 9.59 Å². The van der Waals surface area contributed by atoms with Crippen molar-refractivity contribution in [1.82, 2.24) is 10.2 Å². The number of amides is 2. The third-order valence-electron chi connectivity index (χ3n) is 2.29. The highest BCUT2D eigenvalue weighted by atomic mass is 16.4. The molecule has 0 aliphatic carbocycles. The van der Waals surface area contributed by atoms with Crippen LogP contribution in [-0.2, 0) is 4.79 Å². The molecule has 0 spiro atoms. The summed E-state index contributed by atoms with van der Waals surface area (Å²) in [7, 11) is 0. The van der Waals surface area contributed by atoms with Crippen LogP contribution in [0.25, 0.3) is 0 Å². The van der Waals surface area contributed by atoms with Gasteiger partial charge in [-0.1, -0.05) is 0 Å². The molecule has 0 fully saturated rings. The quantitative estimate of drug-likeness (QED) is 0.615. The zero-order valence-corrected chi connectivity index (χ0v) is 10.6. The number of hydrogen-bond acceptors (Lipinski definition) is 3. The van der Waals surface area contributed by atoms with Gasteiger partial charge in [0.15, 0.2) is 0 Å². The van der Waals surface area contributed by atoms with Crippen molar-refractivity contribution in [2.45, 2.75) is 45.7 Å². The monoisotopic (exact) mass is 246 g/mol. The molecule has 0 aliphatic heterocycles. The summed E-state index contributed by atoms with van der Waals surface area (Å²) < 4.78 is 0. The van der Waals surface area contributed by atoms with Crippen LogP contribution in [0, 0.1) is 0 Å². The van der Waals surface area contributed by atoms with Crippen molar-refractivity contribution in [3.8, 4) is 0 Å². The molecular weight excluding hydrogens is 224 g/mol. The molecule has 6 heteroatoms. The Labute approximate surface area is 102 Å². The van der Waals surface area contributed by atoms with E-state index in [1.54, 1.807) is 11.8 Å². The molecule has 0 heterocycles. The van der Waals surface area contributed by atoms with Crippen LogP contribution in [0.1, 0.15) is 33.6 Å². The number of aliphatic carboxylic acids is 1. The minimum absolute atomic E-state index is 0.0126. The SMILES string of the molecule is CC(CC(=O)O)NC(=O)N(CCCO)C(C)C. The summed E-state index contributed by atoms with van der Waals surface area (Å²) in [6, 6.07) is -0.684. The number of carbonyl (C=O) groups is 2. The van der Waals surface area contributed by atoms with Crippen LogP contribution in [0.3, 0.4) is 0 Å². The molecule has 0 aromatic heterocycles. The maximum absolute atomic E-state index is 11.8. The molecule has 0 saturated heterocycles. The molecule has 0 aromatic rings. The van der Waals surface area contributed by atoms with Gasteiger partial charge in [-0.3, -0.25) is 4.79 Å². The first-order valence-corrected chi connectivity index (χ1v) is 5.78. The van der Waals surface area contributed by atoms with Gasteiger partial charge >= 0.3 is 12.0 Å². The first-order valence-electron chi connectivity index (χ1n) is 5.78. The fourth-order valence-corrected chi connectivity index (χ4v) is 1.44. The normalized spacial score (nSPS) is 12.3. The van der Waals surface area contributed by atoms with Gasteiger partial charge in [0.25, 0.3) is 0 Å². The molecule has 0 aliphatic rings. The molecule has 1 unspecified atom stereocenters. The second-order valence-electron chi connectivity index (χ2n) is 4.31. The van der Waals surface area contributed by atoms with Crippen LogP contribution in [0.15, 0.2) is 0 Å². The fourth-order valence-electron chi connectivity index (χ4n) is 1.44. The summed E-state index contributed by atoms with van der Waals surface area (Å²) in [4.78, 5) is 23.9. The minimum atomic E-state index is -0.941. The lowest BCUT2D eigenvalue weighted by molar-refractivity contribution is -0.137. The predicted octanol–water partition coefficient (Wildman–Crippen LogP) is 0.652. The first kappa shape index (κ1) is 15.7. The van der Waals surface area contributed by atoms with Crippen molar-refractivity contribution >= 4 is 12.0 Å². The molecule has 3 N–H and O–H groups in total. The second kappa shape index (κ2) is 7.89. The number of carbonyl (C=O) groups excluding carboxylic acids is 1. The van der Waals surface area contributed by atoms with Gasteiger partial charge in [0, 0.05) is 25.2 Å². The van der Waals surface area contributed by atoms with E-state index < -0.39 is 12.0 Å². The smallest absolute Gasteiger partial charge is 0.317 e. The third kappa shape index (κ3) is 6.78. The first-order chi connectivity index (χ1) is 7.88. The highest BCUT2D eigenvalue weighted by molar-refractivity contribution is 5.76. The van der Waals surface area contributed by atoms with Crippen molar-refractivity contribution in [2.24, 2.45) is 0 Å². The maximum atomic E-state index is 11.8. The molecule has 2 amide bonds. The Hall–Kier alpha value is -1.30. The minimum Gasteiger partial charge on any atom is -0.481 e. The lowest BCUT2D eigenvalue weighted by atomic mass is 10.2. The fraction of sp³-hybridized carbons (Fsp3) is 0.818. The number of rotatable bonds is 7. The Morgan fingerprint density at radius 3 is 2.29 bits per heavy atom. The molecule has 17 heavy (non-hydrogen) atoms. The number of hydrogen-bond donors (Lipinski definition) is 3. The largest absolute Gasteiger partial charge is 0.481 e. The van der Waals surface area contributed by atoms with E-state index in [-0.39, 0.29) is 25.1 Å². The van der Waals surface area contributed by atoms with Crippen molar-refractivity contribution in [3.63, 3.8) is 0 Å². The summed E-state index contributed by atoms with van der Waals surface area (Å²) >= 11 is 0. The van der Waals surface area contributed by atoms with Crippen LogP contribution < -0.4 is 5.32 Å². The number of aliphatic hydroxyl groups excluding tert-OH is 1. The highest BCUT2D eigenvalue weighted by Crippen LogP contribution is 2.02. The van der Waals surface area contributed by atoms with Gasteiger partial charge in [0.2, 0.25) is 0 Å². The topological polar surface area (TPSA) is 89.9 Å². The van der Waals surface area contributed by atoms with Gasteiger partial charge in [-0.15, -0.1) is 0 Å². The molecule has 0 radical (unpaired) electrons. The average Bonchev–Trinajstić information content (AvgIpc) is 2.15. The lowest BCUT2D eigenvalue weighted by Gasteiger charge is -2.28. The molecular formula is C11H22N2O4. The number of carboxylic acids is 1. The Balaban J connectivity index is 4.26. The van der Waals surface area contributed by atoms with Crippen LogP contribution >= 0.6 is 0 Å². The molecule has 1 atom stereocenters. The van der Waals surface area contributed by atoms with Crippen molar-refractivity contribution in [2.75, 3.05) is 13.2 Å². The third-order valence-corrected chi connectivity index (χ3v) is 2.29. The van der Waals surface area contributed by atoms with E-state index in [2.05, 4.69) is 5.32 Å². The summed E-state index contributed by atoms with van der Waals surface area (Å²) in [5.41, 5.74) is 0. The van der Waals surface area contributed by atoms with Gasteiger partial charge < -0.3 is 20.4 Å². The zero-order valence-electron chi connectivity index (χ0n) is 10.6. The van der Waals surface area contributed by atoms with Crippen LogP contribution in [0.4, 0.5) is 4.79 Å². The predicted molar refractivity (Wildman–Crippen MR) is 63.8 cm³/mol. The van der Waals surface area contributed by atoms with Gasteiger partial charge in [-0.25, -0.2) is 4.79 Å². The summed E-state index contributed by atoms with van der Waals surface area (Å²) in [5.74, 6) is -0.941. The van der Waals surface area contributed by atoms with Crippen LogP contribution in [-0.4, -0.2) is 52.3 Å². The highest BCUT2D eigenvalue weighted by Gasteiger charge is 2.19. The van der Waals surface area contributed by atoms with E-state index in [4.69, 9.17) is 10.2 Å². The standard InChI is InChI=1S/C11H22N2O4/c1-8(2)13(5-4-6-14)11(17)12-9(3)7-10(15)16/h8-9,14H,4-7H2,1-3H3,(H,12,17)(H,15,16). The van der Waals surface area contributed by atoms with E-state index in [1.807, 2.05) is 13.8 Å². The van der Waals surface area contributed by atoms with Crippen molar-refractivity contribution < 1.29 is 19.8 Å². The summed E-state index contributed by atoms with van der Waals surface area (Å²) in [6.07, 6.45) is 0.413. The number of urea groups is 1. The van der Waals surface area contributed by atoms with E-state index >= 15 is 0 Å². The molecule has 0 saturated carbocycles. The number of aliphatic hydroxyl groups is 1. The van der Waals surface area contributed by atoms with Gasteiger partial charge in [0.05, 0.1) is 6.42 Å². The van der Waals surface area contributed by atoms with Gasteiger partial charge in [-0.2, -0.15) is 0 Å². The van der Waals surface area contributed by atoms with Gasteiger partial charge in [0.1, 0.15) is 0 Å². The number of nitrogens with zero attached hydrogens (tertiary/aromatic N) is 1. The van der Waals surface area contributed by atoms with Crippen LogP contribution in [0.5, 0.6) is 0 Å². The average molecular weight is 246 g/mol. The number of nitrogens with one attached hydrogen (secondary N) is 1.